The molecule has 1 aliphatic heterocycles. The van der Waals surface area contributed by atoms with E-state index in [9.17, 15) is 9.18 Å². The van der Waals surface area contributed by atoms with Crippen LogP contribution in [0, 0.1) is 5.82 Å². The third-order valence-corrected chi connectivity index (χ3v) is 3.90. The molecule has 0 saturated carbocycles. The average molecular weight is 335 g/mol. The van der Waals surface area contributed by atoms with Crippen LogP contribution in [0.15, 0.2) is 40.9 Å². The number of carbonyl (C=O) groups is 1. The zero-order valence-electron chi connectivity index (χ0n) is 10.5. The van der Waals surface area contributed by atoms with Crippen LogP contribution in [0.5, 0.6) is 0 Å². The second-order valence-corrected chi connectivity index (χ2v) is 5.48. The predicted octanol–water partition coefficient (Wildman–Crippen LogP) is 3.81. The highest BCUT2D eigenvalue weighted by Crippen LogP contribution is 2.26. The SMILES string of the molecule is O=C(Nc1ccc2c(c1)CCN2)c1ccc(F)cc1Br. The van der Waals surface area contributed by atoms with Crippen LogP contribution in [0.2, 0.25) is 0 Å². The van der Waals surface area contributed by atoms with E-state index in [0.717, 1.165) is 24.3 Å². The van der Waals surface area contributed by atoms with Gasteiger partial charge in [-0.15, -0.1) is 0 Å². The Kier molecular flexibility index (Phi) is 3.44. The number of rotatable bonds is 2. The van der Waals surface area contributed by atoms with E-state index in [2.05, 4.69) is 26.6 Å². The van der Waals surface area contributed by atoms with E-state index in [1.807, 2.05) is 18.2 Å². The molecule has 0 aliphatic carbocycles. The van der Waals surface area contributed by atoms with Crippen molar-refractivity contribution in [3.05, 3.63) is 57.8 Å². The lowest BCUT2D eigenvalue weighted by Crippen LogP contribution is -2.12. The predicted molar refractivity (Wildman–Crippen MR) is 80.7 cm³/mol. The maximum Gasteiger partial charge on any atom is 0.256 e. The summed E-state index contributed by atoms with van der Waals surface area (Å²) in [5, 5.41) is 6.09. The number of nitrogens with one attached hydrogen (secondary N) is 2. The van der Waals surface area contributed by atoms with E-state index in [1.165, 1.54) is 23.8 Å². The van der Waals surface area contributed by atoms with Gasteiger partial charge in [0.05, 0.1) is 5.56 Å². The van der Waals surface area contributed by atoms with Crippen molar-refractivity contribution < 1.29 is 9.18 Å². The summed E-state index contributed by atoms with van der Waals surface area (Å²) in [4.78, 5) is 12.2. The summed E-state index contributed by atoms with van der Waals surface area (Å²) in [6, 6.07) is 9.78. The molecular formula is C15H12BrFN2O. The van der Waals surface area contributed by atoms with Gasteiger partial charge in [-0.25, -0.2) is 4.39 Å². The van der Waals surface area contributed by atoms with Gasteiger partial charge in [0, 0.05) is 22.4 Å². The number of hydrogen-bond donors (Lipinski definition) is 2. The van der Waals surface area contributed by atoms with Crippen LogP contribution in [0.25, 0.3) is 0 Å². The van der Waals surface area contributed by atoms with Crippen molar-refractivity contribution in [2.75, 3.05) is 17.2 Å². The van der Waals surface area contributed by atoms with Gasteiger partial charge in [-0.2, -0.15) is 0 Å². The van der Waals surface area contributed by atoms with Crippen molar-refractivity contribution in [3.63, 3.8) is 0 Å². The Morgan fingerprint density at radius 2 is 2.10 bits per heavy atom. The van der Waals surface area contributed by atoms with E-state index in [4.69, 9.17) is 0 Å². The lowest BCUT2D eigenvalue weighted by molar-refractivity contribution is 0.102. The van der Waals surface area contributed by atoms with E-state index in [0.29, 0.717) is 10.0 Å². The van der Waals surface area contributed by atoms with E-state index in [1.54, 1.807) is 0 Å². The molecule has 0 atom stereocenters. The smallest absolute Gasteiger partial charge is 0.256 e. The Morgan fingerprint density at radius 3 is 2.90 bits per heavy atom. The molecule has 2 N–H and O–H groups in total. The summed E-state index contributed by atoms with van der Waals surface area (Å²) >= 11 is 3.20. The molecule has 3 rings (SSSR count). The molecule has 0 fully saturated rings. The minimum atomic E-state index is -0.378. The Hall–Kier alpha value is -1.88. The Labute approximate surface area is 124 Å². The molecule has 5 heteroatoms. The first kappa shape index (κ1) is 13.1. The Balaban J connectivity index is 1.82. The first-order chi connectivity index (χ1) is 9.63. The van der Waals surface area contributed by atoms with Gasteiger partial charge in [-0.1, -0.05) is 0 Å². The van der Waals surface area contributed by atoms with Crippen molar-refractivity contribution in [1.29, 1.82) is 0 Å². The fraction of sp³-hybridized carbons (Fsp3) is 0.133. The fourth-order valence-electron chi connectivity index (χ4n) is 2.25. The summed E-state index contributed by atoms with van der Waals surface area (Å²) in [7, 11) is 0. The molecule has 0 unspecified atom stereocenters. The van der Waals surface area contributed by atoms with Crippen LogP contribution in [-0.2, 0) is 6.42 Å². The highest BCUT2D eigenvalue weighted by Gasteiger charge is 2.14. The third-order valence-electron chi connectivity index (χ3n) is 3.25. The molecule has 1 aliphatic rings. The molecule has 0 aromatic heterocycles. The maximum atomic E-state index is 13.0. The van der Waals surface area contributed by atoms with Gasteiger partial charge < -0.3 is 10.6 Å². The van der Waals surface area contributed by atoms with Gasteiger partial charge in [-0.3, -0.25) is 4.79 Å². The fourth-order valence-corrected chi connectivity index (χ4v) is 2.79. The molecule has 2 aromatic carbocycles. The van der Waals surface area contributed by atoms with Crippen molar-refractivity contribution in [3.8, 4) is 0 Å². The lowest BCUT2D eigenvalue weighted by Gasteiger charge is -2.08. The van der Waals surface area contributed by atoms with Crippen LogP contribution in [0.1, 0.15) is 15.9 Å². The summed E-state index contributed by atoms with van der Waals surface area (Å²) in [6.07, 6.45) is 0.958. The van der Waals surface area contributed by atoms with Crippen LogP contribution >= 0.6 is 15.9 Å². The zero-order valence-corrected chi connectivity index (χ0v) is 12.1. The highest BCUT2D eigenvalue weighted by atomic mass is 79.9. The number of fused-ring (bicyclic) bond motifs is 1. The van der Waals surface area contributed by atoms with Crippen molar-refractivity contribution in [1.82, 2.24) is 0 Å². The number of benzene rings is 2. The van der Waals surface area contributed by atoms with Gasteiger partial charge in [0.2, 0.25) is 0 Å². The summed E-state index contributed by atoms with van der Waals surface area (Å²) in [6.45, 7) is 0.927. The van der Waals surface area contributed by atoms with Crippen LogP contribution in [0.4, 0.5) is 15.8 Å². The molecular weight excluding hydrogens is 323 g/mol. The van der Waals surface area contributed by atoms with Gasteiger partial charge in [0.15, 0.2) is 0 Å². The van der Waals surface area contributed by atoms with Crippen molar-refractivity contribution in [2.45, 2.75) is 6.42 Å². The number of amides is 1. The number of anilines is 2. The molecule has 1 heterocycles. The standard InChI is InChI=1S/C15H12BrFN2O/c16-13-8-10(17)1-3-12(13)15(20)19-11-2-4-14-9(7-11)5-6-18-14/h1-4,7-8,18H,5-6H2,(H,19,20). The topological polar surface area (TPSA) is 41.1 Å². The van der Waals surface area contributed by atoms with Gasteiger partial charge >= 0.3 is 0 Å². The molecule has 3 nitrogen and oxygen atoms in total. The molecule has 1 amide bonds. The lowest BCUT2D eigenvalue weighted by atomic mass is 10.1. The molecule has 0 bridgehead atoms. The molecule has 0 saturated heterocycles. The van der Waals surface area contributed by atoms with Gasteiger partial charge in [-0.05, 0) is 64.3 Å². The zero-order chi connectivity index (χ0) is 14.1. The summed E-state index contributed by atoms with van der Waals surface area (Å²) < 4.78 is 13.5. The molecule has 0 radical (unpaired) electrons. The quantitative estimate of drug-likeness (QED) is 0.876. The van der Waals surface area contributed by atoms with Crippen LogP contribution in [-0.4, -0.2) is 12.5 Å². The van der Waals surface area contributed by atoms with E-state index in [-0.39, 0.29) is 11.7 Å². The minimum absolute atomic E-state index is 0.261. The summed E-state index contributed by atoms with van der Waals surface area (Å²) in [5.74, 6) is -0.639. The molecule has 102 valence electrons. The maximum absolute atomic E-state index is 13.0. The first-order valence-corrected chi connectivity index (χ1v) is 7.06. The largest absolute Gasteiger partial charge is 0.384 e. The number of hydrogen-bond acceptors (Lipinski definition) is 2. The van der Waals surface area contributed by atoms with Crippen LogP contribution < -0.4 is 10.6 Å². The van der Waals surface area contributed by atoms with Crippen molar-refractivity contribution in [2.24, 2.45) is 0 Å². The minimum Gasteiger partial charge on any atom is -0.384 e. The number of halogens is 2. The molecule has 2 aromatic rings. The first-order valence-electron chi connectivity index (χ1n) is 6.27. The average Bonchev–Trinajstić information content (AvgIpc) is 2.85. The monoisotopic (exact) mass is 334 g/mol. The number of carbonyl (C=O) groups excluding carboxylic acids is 1. The van der Waals surface area contributed by atoms with E-state index < -0.39 is 0 Å². The van der Waals surface area contributed by atoms with Gasteiger partial charge in [0.25, 0.3) is 5.91 Å². The van der Waals surface area contributed by atoms with Crippen molar-refractivity contribution >= 4 is 33.2 Å². The molecule has 20 heavy (non-hydrogen) atoms. The van der Waals surface area contributed by atoms with Crippen LogP contribution in [0.3, 0.4) is 0 Å². The Bertz CT molecular complexity index is 688. The van der Waals surface area contributed by atoms with Gasteiger partial charge in [0.1, 0.15) is 5.82 Å². The highest BCUT2D eigenvalue weighted by molar-refractivity contribution is 9.10. The third kappa shape index (κ3) is 2.54. The normalized spacial score (nSPS) is 12.7. The second kappa shape index (κ2) is 5.25. The summed E-state index contributed by atoms with van der Waals surface area (Å²) in [5.41, 5.74) is 3.46. The Morgan fingerprint density at radius 1 is 1.25 bits per heavy atom. The van der Waals surface area contributed by atoms with E-state index >= 15 is 0 Å². The molecule has 0 spiro atoms. The second-order valence-electron chi connectivity index (χ2n) is 4.63.